The van der Waals surface area contributed by atoms with Crippen LogP contribution >= 0.6 is 0 Å². The van der Waals surface area contributed by atoms with Gasteiger partial charge in [-0.2, -0.15) is 0 Å². The maximum absolute atomic E-state index is 15.4. The molecule has 4 atom stereocenters. The second-order valence-corrected chi connectivity index (χ2v) is 8.76. The molecule has 7 nitrogen and oxygen atoms in total. The molecule has 0 radical (unpaired) electrons. The van der Waals surface area contributed by atoms with Gasteiger partial charge < -0.3 is 15.0 Å². The lowest BCUT2D eigenvalue weighted by Gasteiger charge is -2.50. The first-order valence-electron chi connectivity index (χ1n) is 10.6. The zero-order valence-corrected chi connectivity index (χ0v) is 17.4. The van der Waals surface area contributed by atoms with Crippen molar-refractivity contribution >= 4 is 5.57 Å². The maximum Gasteiger partial charge on any atom is 0.185 e. The average Bonchev–Trinajstić information content (AvgIpc) is 3.31. The SMILES string of the molecule is C=C(c1cnc(-c2ccc(-n3ccnc3)cc2O)nn1)[C@@H]1CC2CCC[C@](C)(N2)[C@@H]1F. The molecule has 1 aromatic carbocycles. The minimum absolute atomic E-state index is 0.0440. The lowest BCUT2D eigenvalue weighted by Crippen LogP contribution is -2.63. The molecule has 0 aliphatic carbocycles. The number of aromatic nitrogens is 5. The van der Waals surface area contributed by atoms with Gasteiger partial charge >= 0.3 is 0 Å². The van der Waals surface area contributed by atoms with Gasteiger partial charge in [-0.15, -0.1) is 10.2 Å². The summed E-state index contributed by atoms with van der Waals surface area (Å²) in [5.74, 6) is 0.0426. The van der Waals surface area contributed by atoms with Crippen molar-refractivity contribution in [3.8, 4) is 22.8 Å². The van der Waals surface area contributed by atoms with Crippen LogP contribution in [-0.2, 0) is 0 Å². The van der Waals surface area contributed by atoms with Crippen LogP contribution < -0.4 is 5.32 Å². The van der Waals surface area contributed by atoms with Crippen LogP contribution in [0.4, 0.5) is 4.39 Å². The van der Waals surface area contributed by atoms with Gasteiger partial charge in [0.2, 0.25) is 0 Å². The number of imidazole rings is 1. The fourth-order valence-corrected chi connectivity index (χ4v) is 4.93. The Hall–Kier alpha value is -3.13. The van der Waals surface area contributed by atoms with Crippen LogP contribution in [0, 0.1) is 5.92 Å². The van der Waals surface area contributed by atoms with Crippen molar-refractivity contribution in [2.24, 2.45) is 5.92 Å². The van der Waals surface area contributed by atoms with Crippen molar-refractivity contribution in [3.63, 3.8) is 0 Å². The molecular weight excluding hydrogens is 395 g/mol. The van der Waals surface area contributed by atoms with Crippen LogP contribution in [0.1, 0.15) is 38.3 Å². The molecule has 1 unspecified atom stereocenters. The van der Waals surface area contributed by atoms with Crippen molar-refractivity contribution in [3.05, 3.63) is 55.4 Å². The number of piperidine rings is 2. The van der Waals surface area contributed by atoms with Crippen molar-refractivity contribution in [1.29, 1.82) is 0 Å². The van der Waals surface area contributed by atoms with Crippen molar-refractivity contribution in [1.82, 2.24) is 30.0 Å². The second kappa shape index (κ2) is 7.53. The van der Waals surface area contributed by atoms with E-state index >= 15 is 4.39 Å². The van der Waals surface area contributed by atoms with E-state index in [9.17, 15) is 5.11 Å². The van der Waals surface area contributed by atoms with Gasteiger partial charge in [-0.3, -0.25) is 0 Å². The predicted molar refractivity (Wildman–Crippen MR) is 115 cm³/mol. The Morgan fingerprint density at radius 2 is 2.23 bits per heavy atom. The number of phenolic OH excluding ortho intramolecular Hbond substituents is 1. The Morgan fingerprint density at radius 3 is 2.94 bits per heavy atom. The molecule has 0 spiro atoms. The Labute approximate surface area is 180 Å². The summed E-state index contributed by atoms with van der Waals surface area (Å²) in [7, 11) is 0. The van der Waals surface area contributed by atoms with Gasteiger partial charge in [-0.25, -0.2) is 14.4 Å². The summed E-state index contributed by atoms with van der Waals surface area (Å²) < 4.78 is 17.2. The quantitative estimate of drug-likeness (QED) is 0.669. The molecule has 8 heteroatoms. The molecule has 2 aliphatic rings. The molecule has 2 aromatic heterocycles. The molecular formula is C23H25FN6O. The van der Waals surface area contributed by atoms with Crippen LogP contribution in [0.3, 0.4) is 0 Å². The van der Waals surface area contributed by atoms with E-state index in [2.05, 4.69) is 32.1 Å². The number of phenols is 1. The molecule has 2 N–H and O–H groups in total. The number of rotatable bonds is 4. The number of alkyl halides is 1. The molecule has 2 saturated heterocycles. The van der Waals surface area contributed by atoms with E-state index in [0.29, 0.717) is 35.1 Å². The topological polar surface area (TPSA) is 88.8 Å². The number of hydrogen-bond donors (Lipinski definition) is 2. The van der Waals surface area contributed by atoms with Gasteiger partial charge in [-0.1, -0.05) is 6.58 Å². The average molecular weight is 420 g/mol. The first-order valence-corrected chi connectivity index (χ1v) is 10.6. The first-order chi connectivity index (χ1) is 14.9. The minimum Gasteiger partial charge on any atom is -0.507 e. The van der Waals surface area contributed by atoms with Crippen molar-refractivity contribution in [2.45, 2.75) is 50.4 Å². The summed E-state index contributed by atoms with van der Waals surface area (Å²) in [6, 6.07) is 5.51. The van der Waals surface area contributed by atoms with Gasteiger partial charge in [-0.05, 0) is 50.3 Å². The van der Waals surface area contributed by atoms with E-state index in [-0.39, 0.29) is 11.7 Å². The number of halogens is 1. The van der Waals surface area contributed by atoms with E-state index in [0.717, 1.165) is 24.9 Å². The van der Waals surface area contributed by atoms with E-state index in [1.807, 2.05) is 13.0 Å². The first kappa shape index (κ1) is 19.8. The lowest BCUT2D eigenvalue weighted by atomic mass is 9.69. The zero-order chi connectivity index (χ0) is 21.6. The summed E-state index contributed by atoms with van der Waals surface area (Å²) >= 11 is 0. The Bertz CT molecular complexity index is 1100. The van der Waals surface area contributed by atoms with Gasteiger partial charge in [0.1, 0.15) is 17.6 Å². The molecule has 4 heterocycles. The molecule has 2 bridgehead atoms. The van der Waals surface area contributed by atoms with Crippen LogP contribution in [0.15, 0.2) is 49.7 Å². The van der Waals surface area contributed by atoms with E-state index in [4.69, 9.17) is 0 Å². The monoisotopic (exact) mass is 420 g/mol. The maximum atomic E-state index is 15.4. The minimum atomic E-state index is -1.03. The van der Waals surface area contributed by atoms with Crippen molar-refractivity contribution in [2.75, 3.05) is 0 Å². The lowest BCUT2D eigenvalue weighted by molar-refractivity contribution is 0.0324. The number of benzene rings is 1. The number of allylic oxidation sites excluding steroid dienone is 1. The highest BCUT2D eigenvalue weighted by Crippen LogP contribution is 2.43. The fraction of sp³-hybridized carbons (Fsp3) is 0.391. The van der Waals surface area contributed by atoms with Gasteiger partial charge in [0.15, 0.2) is 5.82 Å². The molecule has 0 amide bonds. The molecule has 5 rings (SSSR count). The second-order valence-electron chi connectivity index (χ2n) is 8.76. The number of nitrogens with zero attached hydrogens (tertiary/aromatic N) is 5. The molecule has 3 aromatic rings. The zero-order valence-electron chi connectivity index (χ0n) is 17.4. The summed E-state index contributed by atoms with van der Waals surface area (Å²) in [6.45, 7) is 6.11. The van der Waals surface area contributed by atoms with Gasteiger partial charge in [0, 0.05) is 36.0 Å². The number of hydrogen-bond acceptors (Lipinski definition) is 6. The van der Waals surface area contributed by atoms with Gasteiger partial charge in [0.25, 0.3) is 0 Å². The third-order valence-electron chi connectivity index (χ3n) is 6.65. The highest BCUT2D eigenvalue weighted by Gasteiger charge is 2.48. The molecule has 2 fully saturated rings. The molecule has 0 saturated carbocycles. The smallest absolute Gasteiger partial charge is 0.185 e. The summed E-state index contributed by atoms with van der Waals surface area (Å²) in [5.41, 5.74) is 1.86. The van der Waals surface area contributed by atoms with Crippen LogP contribution in [0.2, 0.25) is 0 Å². The number of aromatic hydroxyl groups is 1. The standard InChI is InChI=1S/C23H25FN6O/c1-14(18-10-15-4-3-7-23(2,27-15)21(18)24)19-12-26-22(29-28-19)17-6-5-16(11-20(17)31)30-9-8-25-13-30/h5-6,8-9,11-13,15,18,21,27,31H,1,3-4,7,10H2,2H3/t15?,18-,21+,23-/m0/s1. The van der Waals surface area contributed by atoms with E-state index < -0.39 is 11.7 Å². The molecule has 160 valence electrons. The summed E-state index contributed by atoms with van der Waals surface area (Å²) in [6.07, 6.45) is 9.29. The molecule has 31 heavy (non-hydrogen) atoms. The largest absolute Gasteiger partial charge is 0.507 e. The molecule has 2 aliphatic heterocycles. The highest BCUT2D eigenvalue weighted by molar-refractivity contribution is 5.67. The number of nitrogens with one attached hydrogen (secondary N) is 1. The van der Waals surface area contributed by atoms with Crippen LogP contribution in [0.25, 0.3) is 22.6 Å². The highest BCUT2D eigenvalue weighted by atomic mass is 19.1. The summed E-state index contributed by atoms with van der Waals surface area (Å²) in [4.78, 5) is 8.39. The van der Waals surface area contributed by atoms with Gasteiger partial charge in [0.05, 0.1) is 23.8 Å². The normalized spacial score (nSPS) is 27.7. The third kappa shape index (κ3) is 3.50. The Morgan fingerprint density at radius 1 is 1.35 bits per heavy atom. The van der Waals surface area contributed by atoms with E-state index in [1.165, 1.54) is 0 Å². The third-order valence-corrected chi connectivity index (χ3v) is 6.65. The van der Waals surface area contributed by atoms with Crippen LogP contribution in [0.5, 0.6) is 5.75 Å². The van der Waals surface area contributed by atoms with Crippen LogP contribution in [-0.4, -0.2) is 47.6 Å². The Balaban J connectivity index is 1.37. The Kier molecular flexibility index (Phi) is 4.81. The fourth-order valence-electron chi connectivity index (χ4n) is 4.93. The van der Waals surface area contributed by atoms with E-state index in [1.54, 1.807) is 41.6 Å². The number of fused-ring (bicyclic) bond motifs is 2. The van der Waals surface area contributed by atoms with Crippen molar-refractivity contribution < 1.29 is 9.50 Å². The summed E-state index contributed by atoms with van der Waals surface area (Å²) in [5, 5.41) is 22.4. The predicted octanol–water partition coefficient (Wildman–Crippen LogP) is 3.70.